The van der Waals surface area contributed by atoms with Gasteiger partial charge in [0, 0.05) is 7.05 Å². The summed E-state index contributed by atoms with van der Waals surface area (Å²) in [6, 6.07) is 1.62. The van der Waals surface area contributed by atoms with Crippen LogP contribution >= 0.6 is 0 Å². The van der Waals surface area contributed by atoms with Gasteiger partial charge in [-0.15, -0.1) is 0 Å². The molecule has 0 aliphatic carbocycles. The van der Waals surface area contributed by atoms with Crippen molar-refractivity contribution in [2.24, 2.45) is 5.73 Å². The lowest BCUT2D eigenvalue weighted by atomic mass is 10.3. The van der Waals surface area contributed by atoms with Crippen molar-refractivity contribution in [1.82, 2.24) is 5.32 Å². The highest BCUT2D eigenvalue weighted by Gasteiger charge is 2.06. The van der Waals surface area contributed by atoms with Crippen molar-refractivity contribution in [1.29, 1.82) is 0 Å². The van der Waals surface area contributed by atoms with Gasteiger partial charge in [0.25, 0.3) is 5.91 Å². The molecule has 0 saturated heterocycles. The Morgan fingerprint density at radius 3 is 3.00 bits per heavy atom. The van der Waals surface area contributed by atoms with E-state index in [0.29, 0.717) is 17.9 Å². The van der Waals surface area contributed by atoms with Gasteiger partial charge in [0.05, 0.1) is 12.1 Å². The van der Waals surface area contributed by atoms with Crippen LogP contribution in [0.25, 0.3) is 0 Å². The van der Waals surface area contributed by atoms with E-state index < -0.39 is 0 Å². The number of carbonyl (C=O) groups is 1. The molecule has 0 saturated carbocycles. The minimum absolute atomic E-state index is 0.159. The fourth-order valence-corrected chi connectivity index (χ4v) is 0.751. The van der Waals surface area contributed by atoms with E-state index in [1.54, 1.807) is 13.1 Å². The summed E-state index contributed by atoms with van der Waals surface area (Å²) < 4.78 is 4.95. The van der Waals surface area contributed by atoms with Crippen LogP contribution in [0.4, 0.5) is 0 Å². The molecule has 1 aromatic heterocycles. The van der Waals surface area contributed by atoms with E-state index in [4.69, 9.17) is 10.2 Å². The van der Waals surface area contributed by atoms with Crippen LogP contribution in [0.2, 0.25) is 0 Å². The number of hydrogen-bond donors (Lipinski definition) is 2. The number of amides is 1. The Labute approximate surface area is 64.4 Å². The van der Waals surface area contributed by atoms with Crippen LogP contribution in [0.1, 0.15) is 16.1 Å². The van der Waals surface area contributed by atoms with Crippen LogP contribution < -0.4 is 11.1 Å². The Balaban J connectivity index is 2.80. The Morgan fingerprint density at radius 2 is 2.55 bits per heavy atom. The molecule has 1 heterocycles. The molecule has 3 N–H and O–H groups in total. The van der Waals surface area contributed by atoms with Crippen molar-refractivity contribution >= 4 is 5.91 Å². The number of nitrogens with two attached hydrogens (primary N) is 1. The molecular formula is C7H10N2O2. The third-order valence-electron chi connectivity index (χ3n) is 1.34. The molecule has 0 unspecified atom stereocenters. The monoisotopic (exact) mass is 154 g/mol. The second-order valence-electron chi connectivity index (χ2n) is 2.08. The first-order valence-electron chi connectivity index (χ1n) is 3.27. The molecule has 1 rings (SSSR count). The quantitative estimate of drug-likeness (QED) is 0.634. The standard InChI is InChI=1S/C7H10N2O2/c1-9-7(10)5-2-6(3-8)11-4-5/h2,4H,3,8H2,1H3,(H,9,10). The van der Waals surface area contributed by atoms with E-state index in [-0.39, 0.29) is 5.91 Å². The van der Waals surface area contributed by atoms with Crippen molar-refractivity contribution in [2.45, 2.75) is 6.54 Å². The molecule has 4 nitrogen and oxygen atoms in total. The van der Waals surface area contributed by atoms with E-state index in [0.717, 1.165) is 0 Å². The lowest BCUT2D eigenvalue weighted by molar-refractivity contribution is 0.0962. The van der Waals surface area contributed by atoms with Gasteiger partial charge in [0.15, 0.2) is 0 Å². The highest BCUT2D eigenvalue weighted by atomic mass is 16.3. The van der Waals surface area contributed by atoms with E-state index in [1.807, 2.05) is 0 Å². The van der Waals surface area contributed by atoms with Crippen molar-refractivity contribution < 1.29 is 9.21 Å². The molecule has 0 radical (unpaired) electrons. The molecule has 1 amide bonds. The summed E-state index contributed by atoms with van der Waals surface area (Å²) >= 11 is 0. The molecule has 11 heavy (non-hydrogen) atoms. The molecule has 0 aliphatic heterocycles. The number of rotatable bonds is 2. The lowest BCUT2D eigenvalue weighted by Crippen LogP contribution is -2.16. The van der Waals surface area contributed by atoms with Crippen LogP contribution in [0.5, 0.6) is 0 Å². The average molecular weight is 154 g/mol. The zero-order valence-corrected chi connectivity index (χ0v) is 6.26. The largest absolute Gasteiger partial charge is 0.467 e. The Morgan fingerprint density at radius 1 is 1.82 bits per heavy atom. The predicted octanol–water partition coefficient (Wildman–Crippen LogP) is 0.0979. The van der Waals surface area contributed by atoms with Gasteiger partial charge in [0.2, 0.25) is 0 Å². The summed E-state index contributed by atoms with van der Waals surface area (Å²) in [7, 11) is 1.57. The van der Waals surface area contributed by atoms with Gasteiger partial charge in [-0.25, -0.2) is 0 Å². The highest BCUT2D eigenvalue weighted by molar-refractivity contribution is 5.93. The molecule has 0 atom stereocenters. The molecule has 60 valence electrons. The number of carbonyl (C=O) groups excluding carboxylic acids is 1. The number of hydrogen-bond acceptors (Lipinski definition) is 3. The smallest absolute Gasteiger partial charge is 0.254 e. The number of nitrogens with one attached hydrogen (secondary N) is 1. The maximum absolute atomic E-state index is 10.9. The first-order valence-corrected chi connectivity index (χ1v) is 3.27. The predicted molar refractivity (Wildman–Crippen MR) is 40.0 cm³/mol. The summed E-state index contributed by atoms with van der Waals surface area (Å²) in [5, 5.41) is 2.48. The minimum Gasteiger partial charge on any atom is -0.467 e. The van der Waals surface area contributed by atoms with Gasteiger partial charge in [-0.1, -0.05) is 0 Å². The van der Waals surface area contributed by atoms with Crippen molar-refractivity contribution in [3.05, 3.63) is 23.7 Å². The fraction of sp³-hybridized carbons (Fsp3) is 0.286. The van der Waals surface area contributed by atoms with E-state index in [2.05, 4.69) is 5.32 Å². The van der Waals surface area contributed by atoms with Gasteiger partial charge in [-0.2, -0.15) is 0 Å². The van der Waals surface area contributed by atoms with Crippen LogP contribution in [0.15, 0.2) is 16.7 Å². The normalized spacial score (nSPS) is 9.64. The second-order valence-corrected chi connectivity index (χ2v) is 2.08. The molecular weight excluding hydrogens is 144 g/mol. The topological polar surface area (TPSA) is 68.3 Å². The summed E-state index contributed by atoms with van der Waals surface area (Å²) in [5.41, 5.74) is 5.79. The molecule has 0 aliphatic rings. The van der Waals surface area contributed by atoms with Gasteiger partial charge in [-0.3, -0.25) is 4.79 Å². The fourth-order valence-electron chi connectivity index (χ4n) is 0.751. The van der Waals surface area contributed by atoms with Gasteiger partial charge >= 0.3 is 0 Å². The van der Waals surface area contributed by atoms with Crippen molar-refractivity contribution in [3.8, 4) is 0 Å². The van der Waals surface area contributed by atoms with Crippen LogP contribution in [-0.2, 0) is 6.54 Å². The van der Waals surface area contributed by atoms with Gasteiger partial charge in [0.1, 0.15) is 12.0 Å². The van der Waals surface area contributed by atoms with E-state index in [9.17, 15) is 4.79 Å². The Bertz CT molecular complexity index is 255. The second kappa shape index (κ2) is 3.21. The molecule has 4 heteroatoms. The highest BCUT2D eigenvalue weighted by Crippen LogP contribution is 2.05. The van der Waals surface area contributed by atoms with Crippen LogP contribution in [0.3, 0.4) is 0 Å². The molecule has 1 aromatic rings. The van der Waals surface area contributed by atoms with E-state index >= 15 is 0 Å². The Hall–Kier alpha value is -1.29. The maximum Gasteiger partial charge on any atom is 0.254 e. The first kappa shape index (κ1) is 7.81. The van der Waals surface area contributed by atoms with Crippen LogP contribution in [-0.4, -0.2) is 13.0 Å². The molecule has 0 aromatic carbocycles. The minimum atomic E-state index is -0.159. The summed E-state index contributed by atoms with van der Waals surface area (Å²) in [6.45, 7) is 0.316. The Kier molecular flexibility index (Phi) is 2.28. The third kappa shape index (κ3) is 1.59. The molecule has 0 spiro atoms. The van der Waals surface area contributed by atoms with Gasteiger partial charge < -0.3 is 15.5 Å². The molecule has 0 bridgehead atoms. The third-order valence-corrected chi connectivity index (χ3v) is 1.34. The first-order chi connectivity index (χ1) is 5.27. The van der Waals surface area contributed by atoms with Gasteiger partial charge in [-0.05, 0) is 6.07 Å². The zero-order chi connectivity index (χ0) is 8.27. The summed E-state index contributed by atoms with van der Waals surface area (Å²) in [4.78, 5) is 10.9. The van der Waals surface area contributed by atoms with E-state index in [1.165, 1.54) is 6.26 Å². The average Bonchev–Trinajstić information content (AvgIpc) is 2.50. The lowest BCUT2D eigenvalue weighted by Gasteiger charge is -1.90. The number of furan rings is 1. The van der Waals surface area contributed by atoms with Crippen molar-refractivity contribution in [2.75, 3.05) is 7.05 Å². The van der Waals surface area contributed by atoms with Crippen LogP contribution in [0, 0.1) is 0 Å². The zero-order valence-electron chi connectivity index (χ0n) is 6.26. The van der Waals surface area contributed by atoms with Crippen molar-refractivity contribution in [3.63, 3.8) is 0 Å². The summed E-state index contributed by atoms with van der Waals surface area (Å²) in [5.74, 6) is 0.456. The summed E-state index contributed by atoms with van der Waals surface area (Å²) in [6.07, 6.45) is 1.39. The molecule has 0 fully saturated rings. The SMILES string of the molecule is CNC(=O)c1coc(CN)c1. The maximum atomic E-state index is 10.9.